The number of aliphatic hydroxyl groups excluding tert-OH is 1. The first-order valence-electron chi connectivity index (χ1n) is 24.3. The van der Waals surface area contributed by atoms with Gasteiger partial charge in [-0.15, -0.1) is 0 Å². The number of nitrogens with one attached hydrogen (secondary N) is 5. The Hall–Kier alpha value is -5.56. The van der Waals surface area contributed by atoms with Gasteiger partial charge in [0, 0.05) is 52.3 Å². The van der Waals surface area contributed by atoms with Crippen molar-refractivity contribution >= 4 is 48.9 Å². The highest BCUT2D eigenvalue weighted by Crippen LogP contribution is 2.45. The fourth-order valence-electron chi connectivity index (χ4n) is 8.00. The van der Waals surface area contributed by atoms with Gasteiger partial charge in [-0.05, 0) is 55.7 Å². The number of likely N-dealkylation sites (N-methyl/N-ethyl adjacent to an activating group) is 2. The van der Waals surface area contributed by atoms with Gasteiger partial charge in [0.15, 0.2) is 0 Å². The first-order valence-corrected chi connectivity index (χ1v) is 26.0. The molecule has 2 aromatic rings. The van der Waals surface area contributed by atoms with Crippen molar-refractivity contribution < 1.29 is 62.5 Å². The summed E-state index contributed by atoms with van der Waals surface area (Å²) in [6, 6.07) is 1.70. The molecule has 70 heavy (non-hydrogen) atoms. The summed E-state index contributed by atoms with van der Waals surface area (Å²) in [5, 5.41) is 44.6. The maximum atomic E-state index is 14.1. The molecule has 21 heteroatoms. The summed E-state index contributed by atoms with van der Waals surface area (Å²) in [5.41, 5.74) is 0.702. The van der Waals surface area contributed by atoms with Crippen LogP contribution < -0.4 is 26.6 Å². The van der Waals surface area contributed by atoms with Gasteiger partial charge in [0.2, 0.25) is 41.4 Å². The van der Waals surface area contributed by atoms with E-state index in [1.165, 1.54) is 122 Å². The molecule has 1 aliphatic heterocycles. The first kappa shape index (κ1) is 58.8. The number of amides is 7. The number of benzene rings is 2. The van der Waals surface area contributed by atoms with Crippen LogP contribution in [0, 0.1) is 0 Å². The number of aromatic hydroxyl groups is 2. The number of carbonyl (C=O) groups is 7. The number of unbranched alkanes of at least 4 members (excludes halogenated alkanes) is 12. The topological polar surface area (TPSA) is 282 Å². The minimum absolute atomic E-state index is 0.0535. The third-order valence-electron chi connectivity index (χ3n) is 12.5. The van der Waals surface area contributed by atoms with Gasteiger partial charge in [0.1, 0.15) is 48.0 Å². The van der Waals surface area contributed by atoms with E-state index in [4.69, 9.17) is 9.05 Å². The van der Waals surface area contributed by atoms with Gasteiger partial charge in [0.05, 0.1) is 13.2 Å². The van der Waals surface area contributed by atoms with Gasteiger partial charge in [-0.2, -0.15) is 0 Å². The Bertz CT molecular complexity index is 2130. The molecular weight excluding hydrogens is 926 g/mol. The molecule has 0 aliphatic carbocycles. The maximum absolute atomic E-state index is 14.1. The van der Waals surface area contributed by atoms with Crippen LogP contribution in [0.15, 0.2) is 36.4 Å². The number of aliphatic hydroxyl groups is 1. The number of phenols is 2. The van der Waals surface area contributed by atoms with E-state index in [-0.39, 0.29) is 46.9 Å². The van der Waals surface area contributed by atoms with E-state index in [9.17, 15) is 53.4 Å². The lowest BCUT2D eigenvalue weighted by Gasteiger charge is -2.30. The average Bonchev–Trinajstić information content (AvgIpc) is 3.34. The average molecular weight is 1000 g/mol. The van der Waals surface area contributed by atoms with Crippen LogP contribution in [0.3, 0.4) is 0 Å². The number of rotatable bonds is 27. The van der Waals surface area contributed by atoms with Crippen LogP contribution in [0.1, 0.15) is 128 Å². The molecule has 0 saturated carbocycles. The highest BCUT2D eigenvalue weighted by Gasteiger charge is 2.35. The van der Waals surface area contributed by atoms with Crippen LogP contribution in [-0.2, 0) is 53.6 Å². The van der Waals surface area contributed by atoms with E-state index in [0.29, 0.717) is 12.0 Å². The van der Waals surface area contributed by atoms with Crippen LogP contribution in [0.2, 0.25) is 0 Å². The highest BCUT2D eigenvalue weighted by molar-refractivity contribution is 7.53. The van der Waals surface area contributed by atoms with Crippen molar-refractivity contribution in [1.82, 2.24) is 36.4 Å². The van der Waals surface area contributed by atoms with Crippen molar-refractivity contribution in [2.24, 2.45) is 0 Å². The largest absolute Gasteiger partial charge is 0.507 e. The summed E-state index contributed by atoms with van der Waals surface area (Å²) < 4.78 is 22.5. The monoisotopic (exact) mass is 1000 g/mol. The van der Waals surface area contributed by atoms with Gasteiger partial charge in [-0.1, -0.05) is 96.1 Å². The van der Waals surface area contributed by atoms with Crippen LogP contribution in [-0.4, -0.2) is 138 Å². The standard InChI is InChI=1S/C49H76N7O13P/c1-8-9-10-11-12-13-14-15-16-17-18-19-20-21-42(60)55(4)39(30-57)48(65)52-32(2)45(62)50-29-43(61)56(5)44-35-23-25-41(59)37(28-35)36-26-34(22-24-40(36)58)27-38(54-46(63)33(3)53-49(44)66)47(64)51-31-70(67,68-6)69-7/h22-26,28,32-33,38-39,44,57-59H,8-21,27,29-31H2,1-7H3,(H,50,62)(H,51,64)(H,52,65)(H,53,66)(H,54,63)/t32-,33+,38+,39-,44+/m1/s1. The third-order valence-corrected chi connectivity index (χ3v) is 14.2. The molecule has 390 valence electrons. The Morgan fingerprint density at radius 3 is 1.90 bits per heavy atom. The predicted octanol–water partition coefficient (Wildman–Crippen LogP) is 4.29. The van der Waals surface area contributed by atoms with Crippen molar-refractivity contribution in [3.63, 3.8) is 0 Å². The lowest BCUT2D eigenvalue weighted by Crippen LogP contribution is -2.56. The molecule has 0 unspecified atom stereocenters. The fraction of sp³-hybridized carbons (Fsp3) is 0.612. The number of hydrogen-bond donors (Lipinski definition) is 8. The molecule has 0 aromatic heterocycles. The zero-order valence-corrected chi connectivity index (χ0v) is 42.7. The molecule has 2 aromatic carbocycles. The summed E-state index contributed by atoms with van der Waals surface area (Å²) >= 11 is 0. The predicted molar refractivity (Wildman–Crippen MR) is 263 cm³/mol. The fourth-order valence-corrected chi connectivity index (χ4v) is 8.76. The summed E-state index contributed by atoms with van der Waals surface area (Å²) in [6.45, 7) is 3.57. The van der Waals surface area contributed by atoms with Crippen molar-refractivity contribution in [3.8, 4) is 22.6 Å². The molecule has 7 amide bonds. The first-order chi connectivity index (χ1) is 33.3. The maximum Gasteiger partial charge on any atom is 0.349 e. The lowest BCUT2D eigenvalue weighted by atomic mass is 9.93. The molecule has 5 atom stereocenters. The summed E-state index contributed by atoms with van der Waals surface area (Å²) in [5.74, 6) is -5.73. The molecule has 4 bridgehead atoms. The van der Waals surface area contributed by atoms with Crippen molar-refractivity contribution in [3.05, 3.63) is 47.5 Å². The van der Waals surface area contributed by atoms with Crippen LogP contribution in [0.5, 0.6) is 11.5 Å². The minimum atomic E-state index is -3.71. The van der Waals surface area contributed by atoms with Gasteiger partial charge in [-0.25, -0.2) is 0 Å². The number of phenolic OH excluding ortho intramolecular Hbond substituents is 2. The zero-order chi connectivity index (χ0) is 52.0. The summed E-state index contributed by atoms with van der Waals surface area (Å²) in [4.78, 5) is 96.5. The molecule has 0 fully saturated rings. The summed E-state index contributed by atoms with van der Waals surface area (Å²) in [7, 11) is 1.27. The van der Waals surface area contributed by atoms with Crippen molar-refractivity contribution in [2.45, 2.75) is 147 Å². The molecule has 20 nitrogen and oxygen atoms in total. The minimum Gasteiger partial charge on any atom is -0.507 e. The SMILES string of the molecule is CCCCCCCCCCCCCCCC(=O)N(C)[C@H](CO)C(=O)N[C@H](C)C(=O)NCC(=O)N(C)[C@@H]1C(=O)N[C@@H](C)C(=O)N[C@H](C(=O)NCP(=O)(OC)OC)Cc2ccc(O)c(c2)-c2cc1ccc2O. The molecular formula is C49H76N7O13P. The van der Waals surface area contributed by atoms with E-state index >= 15 is 0 Å². The lowest BCUT2D eigenvalue weighted by molar-refractivity contribution is -0.142. The van der Waals surface area contributed by atoms with E-state index in [1.54, 1.807) is 0 Å². The van der Waals surface area contributed by atoms with Crippen molar-refractivity contribution in [1.29, 1.82) is 0 Å². The molecule has 0 spiro atoms. The molecule has 1 aliphatic rings. The smallest absolute Gasteiger partial charge is 0.349 e. The summed E-state index contributed by atoms with van der Waals surface area (Å²) in [6.07, 6.45) is 14.5. The van der Waals surface area contributed by atoms with Crippen LogP contribution in [0.4, 0.5) is 0 Å². The van der Waals surface area contributed by atoms with E-state index in [1.807, 2.05) is 0 Å². The third kappa shape index (κ3) is 18.0. The number of carbonyl (C=O) groups excluding carboxylic acids is 7. The Kier molecular flexibility index (Phi) is 24.8. The Morgan fingerprint density at radius 1 is 0.771 bits per heavy atom. The number of hydrogen-bond acceptors (Lipinski definition) is 13. The van der Waals surface area contributed by atoms with Gasteiger partial charge >= 0.3 is 7.60 Å². The quantitative estimate of drug-likeness (QED) is 0.0459. The molecule has 0 saturated heterocycles. The molecule has 3 rings (SSSR count). The van der Waals surface area contributed by atoms with E-state index in [2.05, 4.69) is 33.5 Å². The van der Waals surface area contributed by atoms with Gasteiger partial charge in [-0.3, -0.25) is 38.1 Å². The van der Waals surface area contributed by atoms with Gasteiger partial charge < -0.3 is 60.8 Å². The Labute approximate surface area is 411 Å². The second kappa shape index (κ2) is 29.6. The van der Waals surface area contributed by atoms with E-state index < -0.39 is 92.7 Å². The Morgan fingerprint density at radius 2 is 1.33 bits per heavy atom. The normalized spacial score (nSPS) is 16.9. The zero-order valence-electron chi connectivity index (χ0n) is 41.8. The second-order valence-electron chi connectivity index (χ2n) is 17.8. The van der Waals surface area contributed by atoms with Crippen LogP contribution >= 0.6 is 7.60 Å². The van der Waals surface area contributed by atoms with Crippen molar-refractivity contribution in [2.75, 3.05) is 47.8 Å². The molecule has 0 radical (unpaired) electrons. The number of fused-ring (bicyclic) bond motifs is 5. The second-order valence-corrected chi connectivity index (χ2v) is 20.1. The molecule has 1 heterocycles. The number of nitrogens with zero attached hydrogens (tertiary/aromatic N) is 2. The van der Waals surface area contributed by atoms with Gasteiger partial charge in [0.25, 0.3) is 0 Å². The highest BCUT2D eigenvalue weighted by atomic mass is 31.2. The Balaban J connectivity index is 1.66. The molecule has 8 N–H and O–H groups in total. The van der Waals surface area contributed by atoms with Crippen LogP contribution in [0.25, 0.3) is 11.1 Å². The van der Waals surface area contributed by atoms with E-state index in [0.717, 1.165) is 43.3 Å².